The zero-order valence-electron chi connectivity index (χ0n) is 25.0. The minimum absolute atomic E-state index is 0.632. The third-order valence-corrected chi connectivity index (χ3v) is 8.37. The summed E-state index contributed by atoms with van der Waals surface area (Å²) in [5.74, 6) is 0. The average Bonchev–Trinajstić information content (AvgIpc) is 2.96. The van der Waals surface area contributed by atoms with Crippen LogP contribution in [0.2, 0.25) is 0 Å². The fourth-order valence-electron chi connectivity index (χ4n) is 6.11. The highest BCUT2D eigenvalue weighted by Gasteiger charge is 2.36. The third kappa shape index (κ3) is 10.9. The van der Waals surface area contributed by atoms with Gasteiger partial charge in [-0.2, -0.15) is 0 Å². The van der Waals surface area contributed by atoms with Crippen molar-refractivity contribution in [3.63, 3.8) is 0 Å². The van der Waals surface area contributed by atoms with Gasteiger partial charge in [0.25, 0.3) is 0 Å². The summed E-state index contributed by atoms with van der Waals surface area (Å²) < 4.78 is 35.4. The minimum Gasteiger partial charge on any atom is -0.378 e. The number of aryl methyl sites for hydroxylation is 2. The van der Waals surface area contributed by atoms with E-state index in [0.29, 0.717) is 79.3 Å². The first-order valence-corrected chi connectivity index (χ1v) is 15.6. The van der Waals surface area contributed by atoms with E-state index in [1.54, 1.807) is 16.8 Å². The summed E-state index contributed by atoms with van der Waals surface area (Å²) in [5, 5.41) is 0. The first-order valence-electron chi connectivity index (χ1n) is 15.6. The summed E-state index contributed by atoms with van der Waals surface area (Å²) in [6.45, 7) is 15.9. The Kier molecular flexibility index (Phi) is 14.6. The predicted octanol–water partition coefficient (Wildman–Crippen LogP) is 2.23. The highest BCUT2D eigenvalue weighted by molar-refractivity contribution is 5.59. The summed E-state index contributed by atoms with van der Waals surface area (Å²) in [5.41, 5.74) is 4.91. The molecule has 0 atom stereocenters. The molecule has 0 saturated carbocycles. The number of hydrogen-bond donors (Lipinski definition) is 0. The van der Waals surface area contributed by atoms with Crippen LogP contribution in [0.5, 0.6) is 0 Å². The van der Waals surface area contributed by atoms with Crippen LogP contribution < -0.4 is 4.48 Å². The molecule has 6 rings (SSSR count). The maximum atomic E-state index is 5.70. The van der Waals surface area contributed by atoms with Gasteiger partial charge in [0.1, 0.15) is 5.69 Å². The molecule has 5 aliphatic rings. The minimum atomic E-state index is 0.632. The molecule has 40 heavy (non-hydrogen) atoms. The molecule has 5 aliphatic heterocycles. The Balaban J connectivity index is 0.000000219. The molecule has 2 bridgehead atoms. The molecule has 3 saturated heterocycles. The van der Waals surface area contributed by atoms with Gasteiger partial charge in [0, 0.05) is 63.2 Å². The normalized spacial score (nSPS) is 27.8. The average molecular weight is 565 g/mol. The van der Waals surface area contributed by atoms with Crippen LogP contribution in [-0.4, -0.2) is 148 Å². The van der Waals surface area contributed by atoms with Gasteiger partial charge in [-0.15, -0.1) is 0 Å². The van der Waals surface area contributed by atoms with Crippen molar-refractivity contribution >= 4 is 5.69 Å². The van der Waals surface area contributed by atoms with Crippen LogP contribution in [0.15, 0.2) is 18.2 Å². The lowest BCUT2D eigenvalue weighted by atomic mass is 9.90. The Morgan fingerprint density at radius 1 is 0.500 bits per heavy atom. The second-order valence-electron chi connectivity index (χ2n) is 11.3. The Labute approximate surface area is 242 Å². The van der Waals surface area contributed by atoms with E-state index in [1.165, 1.54) is 43.3 Å². The van der Waals surface area contributed by atoms with Gasteiger partial charge in [-0.1, -0.05) is 18.2 Å². The zero-order chi connectivity index (χ0) is 27.7. The summed E-state index contributed by atoms with van der Waals surface area (Å²) in [7, 11) is 2.42. The van der Waals surface area contributed by atoms with Gasteiger partial charge < -0.3 is 28.4 Å². The fourth-order valence-corrected chi connectivity index (χ4v) is 6.11. The smallest absolute Gasteiger partial charge is 0.139 e. The van der Waals surface area contributed by atoms with E-state index < -0.39 is 0 Å². The van der Waals surface area contributed by atoms with E-state index in [0.717, 1.165) is 39.3 Å². The molecule has 5 heterocycles. The molecule has 228 valence electrons. The monoisotopic (exact) mass is 564 g/mol. The number of benzene rings is 1. The van der Waals surface area contributed by atoms with E-state index in [4.69, 9.17) is 28.4 Å². The van der Waals surface area contributed by atoms with Crippen LogP contribution in [-0.2, 0) is 41.3 Å². The van der Waals surface area contributed by atoms with E-state index in [1.807, 2.05) is 0 Å². The Morgan fingerprint density at radius 3 is 1.15 bits per heavy atom. The Hall–Kier alpha value is -1.14. The molecule has 0 radical (unpaired) electrons. The van der Waals surface area contributed by atoms with Crippen molar-refractivity contribution in [1.29, 1.82) is 0 Å². The molecule has 0 unspecified atom stereocenters. The van der Waals surface area contributed by atoms with Gasteiger partial charge in [-0.05, 0) is 12.8 Å². The van der Waals surface area contributed by atoms with Crippen molar-refractivity contribution in [3.05, 3.63) is 29.3 Å². The predicted molar refractivity (Wildman–Crippen MR) is 158 cm³/mol. The SMILES string of the molecule is C1COCCN2CCOCCOCCN(CCO1)CCOCCOCC2.C[N+]12CCCc3cccc(c31)CCC2. The van der Waals surface area contributed by atoms with E-state index in [9.17, 15) is 0 Å². The molecule has 0 aliphatic carbocycles. The largest absolute Gasteiger partial charge is 0.378 e. The van der Waals surface area contributed by atoms with Gasteiger partial charge in [0.15, 0.2) is 0 Å². The molecule has 1 aromatic rings. The number of nitrogens with zero attached hydrogens (tertiary/aromatic N) is 3. The quantitative estimate of drug-likeness (QED) is 0.445. The van der Waals surface area contributed by atoms with Crippen LogP contribution in [0.3, 0.4) is 0 Å². The number of hydrogen-bond acceptors (Lipinski definition) is 8. The van der Waals surface area contributed by atoms with E-state index in [-0.39, 0.29) is 0 Å². The Bertz CT molecular complexity index is 722. The second-order valence-corrected chi connectivity index (χ2v) is 11.3. The lowest BCUT2D eigenvalue weighted by Crippen LogP contribution is -2.51. The van der Waals surface area contributed by atoms with Crippen molar-refractivity contribution in [2.45, 2.75) is 25.7 Å². The lowest BCUT2D eigenvalue weighted by molar-refractivity contribution is -0.0103. The molecular formula is C31H54N3O6+. The molecule has 0 aromatic heterocycles. The maximum absolute atomic E-state index is 5.70. The van der Waals surface area contributed by atoms with Gasteiger partial charge in [-0.25, -0.2) is 0 Å². The Morgan fingerprint density at radius 2 is 0.825 bits per heavy atom. The van der Waals surface area contributed by atoms with Gasteiger partial charge in [0.2, 0.25) is 0 Å². The highest BCUT2D eigenvalue weighted by Crippen LogP contribution is 2.39. The maximum Gasteiger partial charge on any atom is 0.139 e. The van der Waals surface area contributed by atoms with Crippen LogP contribution in [0.4, 0.5) is 5.69 Å². The number of fused-ring (bicyclic) bond motifs is 21. The number of rotatable bonds is 0. The lowest BCUT2D eigenvalue weighted by Gasteiger charge is -2.42. The van der Waals surface area contributed by atoms with Crippen molar-refractivity contribution in [1.82, 2.24) is 14.3 Å². The van der Waals surface area contributed by atoms with Crippen LogP contribution in [0, 0.1) is 0 Å². The molecule has 0 spiro atoms. The summed E-state index contributed by atoms with van der Waals surface area (Å²) in [6, 6.07) is 6.91. The molecule has 1 aromatic carbocycles. The molecule has 0 amide bonds. The summed E-state index contributed by atoms with van der Waals surface area (Å²) >= 11 is 0. The molecule has 3 fully saturated rings. The molecule has 9 nitrogen and oxygen atoms in total. The van der Waals surface area contributed by atoms with Crippen LogP contribution in [0.1, 0.15) is 24.0 Å². The molecule has 9 heteroatoms. The number of para-hydroxylation sites is 1. The van der Waals surface area contributed by atoms with Gasteiger partial charge in [-0.3, -0.25) is 14.3 Å². The van der Waals surface area contributed by atoms with Gasteiger partial charge >= 0.3 is 0 Å². The second kappa shape index (κ2) is 18.4. The van der Waals surface area contributed by atoms with Crippen LogP contribution >= 0.6 is 0 Å². The topological polar surface area (TPSA) is 61.9 Å². The molecular weight excluding hydrogens is 510 g/mol. The standard InChI is InChI=1S/C18H36N2O6.C13H18N/c1-7-21-13-14-24-10-4-20-5-11-25-17-15-22-8-2-19(1)3-9-23-16-18-26-12-6-20;1-14-9-3-7-11-5-2-6-12(13(11)14)8-4-10-14/h1-18H2;2,5-6H,3-4,7-10H2,1H3/q;+1. The number of ether oxygens (including phenoxy) is 6. The van der Waals surface area contributed by atoms with Crippen molar-refractivity contribution in [2.75, 3.05) is 139 Å². The molecule has 0 N–H and O–H groups in total. The highest BCUT2D eigenvalue weighted by atomic mass is 16.5. The first kappa shape index (κ1) is 31.8. The van der Waals surface area contributed by atoms with Crippen LogP contribution in [0.25, 0.3) is 0 Å². The fraction of sp³-hybridized carbons (Fsp3) is 0.806. The van der Waals surface area contributed by atoms with Crippen molar-refractivity contribution < 1.29 is 28.4 Å². The zero-order valence-corrected chi connectivity index (χ0v) is 25.0. The van der Waals surface area contributed by atoms with Gasteiger partial charge in [0.05, 0.1) is 99.4 Å². The van der Waals surface area contributed by atoms with Crippen molar-refractivity contribution in [3.8, 4) is 0 Å². The van der Waals surface area contributed by atoms with E-state index >= 15 is 0 Å². The number of quaternary nitrogens is 1. The summed E-state index contributed by atoms with van der Waals surface area (Å²) in [4.78, 5) is 4.62. The van der Waals surface area contributed by atoms with Crippen molar-refractivity contribution in [2.24, 2.45) is 0 Å². The first-order chi connectivity index (χ1) is 19.7. The van der Waals surface area contributed by atoms with E-state index in [2.05, 4.69) is 35.0 Å². The summed E-state index contributed by atoms with van der Waals surface area (Å²) in [6.07, 6.45) is 5.34. The third-order valence-electron chi connectivity index (χ3n) is 8.37.